The number of pyridine rings is 1. The molecule has 1 aromatic heterocycles. The summed E-state index contributed by atoms with van der Waals surface area (Å²) in [6.45, 7) is 1.79. The molecule has 0 saturated carbocycles. The third-order valence-corrected chi connectivity index (χ3v) is 4.53. The maximum atomic E-state index is 14.7. The van der Waals surface area contributed by atoms with Gasteiger partial charge in [-0.2, -0.15) is 0 Å². The number of ether oxygens (including phenoxy) is 1. The number of halogens is 1. The number of nitrogens with zero attached hydrogens (tertiary/aromatic N) is 2. The molecule has 0 saturated heterocycles. The Morgan fingerprint density at radius 2 is 1.93 bits per heavy atom. The molecule has 0 radical (unpaired) electrons. The van der Waals surface area contributed by atoms with E-state index in [9.17, 15) is 14.3 Å². The maximum Gasteiger partial charge on any atom is 0.344 e. The summed E-state index contributed by atoms with van der Waals surface area (Å²) in [6.07, 6.45) is 0. The van der Waals surface area contributed by atoms with Gasteiger partial charge in [-0.15, -0.1) is 12.6 Å². The molecule has 0 atom stereocenters. The van der Waals surface area contributed by atoms with Gasteiger partial charge in [0.05, 0.1) is 12.1 Å². The number of hydrogen-bond acceptors (Lipinski definition) is 6. The van der Waals surface area contributed by atoms with Crippen LogP contribution in [0.4, 0.5) is 10.1 Å². The summed E-state index contributed by atoms with van der Waals surface area (Å²) in [5, 5.41) is 10.6. The van der Waals surface area contributed by atoms with Gasteiger partial charge in [0, 0.05) is 30.7 Å². The van der Waals surface area contributed by atoms with Crippen molar-refractivity contribution in [3.63, 3.8) is 0 Å². The molecule has 1 N–H and O–H groups in total. The molecule has 5 nitrogen and oxygen atoms in total. The highest BCUT2D eigenvalue weighted by Gasteiger charge is 2.22. The first-order chi connectivity index (χ1) is 12.8. The molecular weight excluding hydrogens is 367 g/mol. The van der Waals surface area contributed by atoms with E-state index in [1.807, 2.05) is 43.3 Å². The zero-order valence-corrected chi connectivity index (χ0v) is 16.0. The first kappa shape index (κ1) is 19.0. The fourth-order valence-corrected chi connectivity index (χ4v) is 3.11. The molecule has 0 spiro atoms. The van der Waals surface area contributed by atoms with Gasteiger partial charge in [-0.3, -0.25) is 0 Å². The number of anilines is 1. The number of rotatable bonds is 4. The number of esters is 1. The standard InChI is InChI=1S/C20H19FN2O3S/c1-4-26-20(25)17-18(24)14-9-15(21)13(10-16(14)22-19(17)27)11-5-7-12(8-6-11)23(2)3/h5-10H,4H2,1-3H3,(H2,22,24,27). The average Bonchev–Trinajstić information content (AvgIpc) is 2.62. The predicted octanol–water partition coefficient (Wildman–Crippen LogP) is 4.28. The summed E-state index contributed by atoms with van der Waals surface area (Å²) in [6, 6.07) is 10.1. The van der Waals surface area contributed by atoms with E-state index in [1.165, 1.54) is 12.1 Å². The third-order valence-electron chi connectivity index (χ3n) is 4.20. The van der Waals surface area contributed by atoms with Crippen molar-refractivity contribution < 1.29 is 19.0 Å². The topological polar surface area (TPSA) is 62.7 Å². The van der Waals surface area contributed by atoms with Crippen LogP contribution in [0, 0.1) is 5.82 Å². The number of aromatic nitrogens is 1. The lowest BCUT2D eigenvalue weighted by molar-refractivity contribution is 0.0518. The van der Waals surface area contributed by atoms with Crippen LogP contribution in [0.15, 0.2) is 41.4 Å². The van der Waals surface area contributed by atoms with Gasteiger partial charge in [0.1, 0.15) is 22.2 Å². The number of carbonyl (C=O) groups excluding carboxylic acids is 1. The Labute approximate surface area is 161 Å². The molecule has 0 aliphatic rings. The Kier molecular flexibility index (Phi) is 5.23. The zero-order chi connectivity index (χ0) is 19.7. The van der Waals surface area contributed by atoms with Gasteiger partial charge in [-0.05, 0) is 36.8 Å². The number of thiol groups is 1. The van der Waals surface area contributed by atoms with Crippen LogP contribution in [-0.4, -0.2) is 36.8 Å². The van der Waals surface area contributed by atoms with Crippen LogP contribution >= 0.6 is 12.6 Å². The van der Waals surface area contributed by atoms with E-state index in [4.69, 9.17) is 4.74 Å². The van der Waals surface area contributed by atoms with Crippen LogP contribution in [0.1, 0.15) is 17.3 Å². The van der Waals surface area contributed by atoms with Crippen LogP contribution in [0.2, 0.25) is 0 Å². The van der Waals surface area contributed by atoms with Crippen molar-refractivity contribution >= 4 is 35.2 Å². The molecule has 2 aromatic carbocycles. The second-order valence-corrected chi connectivity index (χ2v) is 6.59. The fourth-order valence-electron chi connectivity index (χ4n) is 2.81. The predicted molar refractivity (Wildman–Crippen MR) is 106 cm³/mol. The summed E-state index contributed by atoms with van der Waals surface area (Å²) < 4.78 is 19.6. The van der Waals surface area contributed by atoms with Gasteiger partial charge in [0.25, 0.3) is 0 Å². The Morgan fingerprint density at radius 1 is 1.26 bits per heavy atom. The molecule has 0 amide bonds. The van der Waals surface area contributed by atoms with E-state index in [0.717, 1.165) is 5.69 Å². The molecular formula is C20H19FN2O3S. The maximum absolute atomic E-state index is 14.7. The summed E-state index contributed by atoms with van der Waals surface area (Å²) in [5.41, 5.74) is 2.18. The molecule has 0 fully saturated rings. The van der Waals surface area contributed by atoms with Crippen LogP contribution in [-0.2, 0) is 4.74 Å². The summed E-state index contributed by atoms with van der Waals surface area (Å²) >= 11 is 4.19. The number of fused-ring (bicyclic) bond motifs is 1. The second-order valence-electron chi connectivity index (χ2n) is 6.17. The highest BCUT2D eigenvalue weighted by Crippen LogP contribution is 2.36. The van der Waals surface area contributed by atoms with E-state index in [1.54, 1.807) is 6.92 Å². The molecule has 3 aromatic rings. The van der Waals surface area contributed by atoms with E-state index in [2.05, 4.69) is 17.6 Å². The monoisotopic (exact) mass is 386 g/mol. The molecule has 7 heteroatoms. The van der Waals surface area contributed by atoms with Crippen LogP contribution in [0.5, 0.6) is 5.75 Å². The van der Waals surface area contributed by atoms with E-state index in [0.29, 0.717) is 16.6 Å². The van der Waals surface area contributed by atoms with Crippen molar-refractivity contribution in [2.24, 2.45) is 0 Å². The Morgan fingerprint density at radius 3 is 2.52 bits per heavy atom. The molecule has 0 aliphatic carbocycles. The van der Waals surface area contributed by atoms with Gasteiger partial charge >= 0.3 is 5.97 Å². The van der Waals surface area contributed by atoms with E-state index >= 15 is 0 Å². The highest BCUT2D eigenvalue weighted by atomic mass is 32.1. The fraction of sp³-hybridized carbons (Fsp3) is 0.200. The quantitative estimate of drug-likeness (QED) is 0.518. The van der Waals surface area contributed by atoms with Gasteiger partial charge in [0.15, 0.2) is 0 Å². The van der Waals surface area contributed by atoms with Crippen LogP contribution in [0.25, 0.3) is 22.0 Å². The summed E-state index contributed by atoms with van der Waals surface area (Å²) in [4.78, 5) is 18.2. The van der Waals surface area contributed by atoms with Gasteiger partial charge < -0.3 is 14.7 Å². The number of benzene rings is 2. The normalized spacial score (nSPS) is 10.9. The van der Waals surface area contributed by atoms with Crippen molar-refractivity contribution in [2.45, 2.75) is 11.9 Å². The molecule has 0 bridgehead atoms. The molecule has 0 aliphatic heterocycles. The minimum Gasteiger partial charge on any atom is -0.506 e. The SMILES string of the molecule is CCOC(=O)c1c(S)nc2cc(-c3ccc(N(C)C)cc3)c(F)cc2c1O. The van der Waals surface area contributed by atoms with Crippen molar-refractivity contribution in [3.8, 4) is 16.9 Å². The average molecular weight is 386 g/mol. The van der Waals surface area contributed by atoms with Crippen molar-refractivity contribution in [1.82, 2.24) is 4.98 Å². The Balaban J connectivity index is 2.14. The molecule has 0 unspecified atom stereocenters. The zero-order valence-electron chi connectivity index (χ0n) is 15.2. The van der Waals surface area contributed by atoms with Gasteiger partial charge in [-0.1, -0.05) is 12.1 Å². The van der Waals surface area contributed by atoms with Gasteiger partial charge in [0.2, 0.25) is 0 Å². The third kappa shape index (κ3) is 3.55. The van der Waals surface area contributed by atoms with Crippen LogP contribution < -0.4 is 4.90 Å². The lowest BCUT2D eigenvalue weighted by atomic mass is 10.0. The van der Waals surface area contributed by atoms with Crippen molar-refractivity contribution in [3.05, 3.63) is 47.8 Å². The first-order valence-corrected chi connectivity index (χ1v) is 8.78. The van der Waals surface area contributed by atoms with Crippen LogP contribution in [0.3, 0.4) is 0 Å². The summed E-state index contributed by atoms with van der Waals surface area (Å²) in [7, 11) is 3.85. The van der Waals surface area contributed by atoms with Crippen molar-refractivity contribution in [1.29, 1.82) is 0 Å². The van der Waals surface area contributed by atoms with E-state index < -0.39 is 17.5 Å². The van der Waals surface area contributed by atoms with E-state index in [-0.39, 0.29) is 22.6 Å². The highest BCUT2D eigenvalue weighted by molar-refractivity contribution is 7.80. The lowest BCUT2D eigenvalue weighted by Gasteiger charge is -2.14. The number of aromatic hydroxyl groups is 1. The Hall–Kier alpha value is -2.80. The Bertz CT molecular complexity index is 1020. The molecule has 140 valence electrons. The molecule has 3 rings (SSSR count). The first-order valence-electron chi connectivity index (χ1n) is 8.33. The molecule has 1 heterocycles. The number of carbonyl (C=O) groups is 1. The lowest BCUT2D eigenvalue weighted by Crippen LogP contribution is -2.08. The summed E-state index contributed by atoms with van der Waals surface area (Å²) in [5.74, 6) is -1.67. The smallest absolute Gasteiger partial charge is 0.344 e. The van der Waals surface area contributed by atoms with Crippen molar-refractivity contribution in [2.75, 3.05) is 25.6 Å². The number of hydrogen-bond donors (Lipinski definition) is 2. The largest absolute Gasteiger partial charge is 0.506 e. The minimum absolute atomic E-state index is 0.0268. The molecule has 27 heavy (non-hydrogen) atoms. The minimum atomic E-state index is -0.752. The van der Waals surface area contributed by atoms with Gasteiger partial charge in [-0.25, -0.2) is 14.2 Å². The second kappa shape index (κ2) is 7.44.